The first-order valence-electron chi connectivity index (χ1n) is 8.35. The molecule has 0 atom stereocenters. The number of nitrogens with zero attached hydrogens (tertiary/aromatic N) is 1. The van der Waals surface area contributed by atoms with Crippen LogP contribution in [0.4, 0.5) is 5.69 Å². The number of carbonyl (C=O) groups excluding carboxylic acids is 2. The molecule has 0 unspecified atom stereocenters. The number of sulfonamides is 1. The summed E-state index contributed by atoms with van der Waals surface area (Å²) in [6, 6.07) is 6.18. The van der Waals surface area contributed by atoms with Crippen molar-refractivity contribution in [3.8, 4) is 0 Å². The Kier molecular flexibility index (Phi) is 6.99. The Morgan fingerprint density at radius 3 is 2.62 bits per heavy atom. The Bertz CT molecular complexity index is 765. The van der Waals surface area contributed by atoms with E-state index in [1.807, 2.05) is 0 Å². The molecule has 26 heavy (non-hydrogen) atoms. The first kappa shape index (κ1) is 20.6. The Balaban J connectivity index is 0.00000243. The Hall–Kier alpha value is -1.68. The highest BCUT2D eigenvalue weighted by Crippen LogP contribution is 2.21. The lowest BCUT2D eigenvalue weighted by atomic mass is 9.97. The summed E-state index contributed by atoms with van der Waals surface area (Å²) < 4.78 is 26.5. The largest absolute Gasteiger partial charge is 0.354 e. The van der Waals surface area contributed by atoms with Gasteiger partial charge in [-0.25, -0.2) is 8.42 Å². The lowest BCUT2D eigenvalue weighted by molar-refractivity contribution is -0.122. The van der Waals surface area contributed by atoms with Gasteiger partial charge in [0.15, 0.2) is 0 Å². The smallest absolute Gasteiger partial charge is 0.243 e. The van der Waals surface area contributed by atoms with E-state index < -0.39 is 10.0 Å². The number of hydrogen-bond donors (Lipinski definition) is 3. The number of piperazine rings is 1. The maximum atomic E-state index is 12.7. The molecule has 1 aromatic rings. The van der Waals surface area contributed by atoms with Crippen LogP contribution in [0.5, 0.6) is 0 Å². The summed E-state index contributed by atoms with van der Waals surface area (Å²) in [7, 11) is -3.77. The van der Waals surface area contributed by atoms with Crippen molar-refractivity contribution in [2.45, 2.75) is 17.7 Å². The van der Waals surface area contributed by atoms with E-state index in [-0.39, 0.29) is 48.1 Å². The van der Waals surface area contributed by atoms with Gasteiger partial charge in [-0.2, -0.15) is 4.31 Å². The number of rotatable bonds is 4. The second-order valence-corrected chi connectivity index (χ2v) is 8.17. The molecule has 0 spiro atoms. The molecule has 0 bridgehead atoms. The maximum absolute atomic E-state index is 12.7. The molecule has 8 nitrogen and oxygen atoms in total. The molecule has 2 fully saturated rings. The molecular weight excluding hydrogens is 380 g/mol. The van der Waals surface area contributed by atoms with Gasteiger partial charge in [0, 0.05) is 24.7 Å². The average Bonchev–Trinajstić information content (AvgIpc) is 2.62. The second-order valence-electron chi connectivity index (χ2n) is 6.23. The quantitative estimate of drug-likeness (QED) is 0.665. The van der Waals surface area contributed by atoms with E-state index >= 15 is 0 Å². The fourth-order valence-corrected chi connectivity index (χ4v) is 4.48. The molecule has 2 amide bonds. The minimum absolute atomic E-state index is 0. The van der Waals surface area contributed by atoms with E-state index in [0.717, 1.165) is 30.2 Å². The molecule has 0 saturated carbocycles. The highest BCUT2D eigenvalue weighted by molar-refractivity contribution is 7.89. The highest BCUT2D eigenvalue weighted by Gasteiger charge is 2.29. The van der Waals surface area contributed by atoms with E-state index in [0.29, 0.717) is 12.2 Å². The molecule has 0 aliphatic carbocycles. The number of halogens is 1. The van der Waals surface area contributed by atoms with E-state index in [1.165, 1.54) is 12.1 Å². The van der Waals surface area contributed by atoms with Gasteiger partial charge in [0.05, 0.1) is 11.4 Å². The summed E-state index contributed by atoms with van der Waals surface area (Å²) in [6.45, 7) is 1.96. The molecule has 144 valence electrons. The number of carbonyl (C=O) groups is 2. The summed E-state index contributed by atoms with van der Waals surface area (Å²) >= 11 is 0. The van der Waals surface area contributed by atoms with E-state index in [1.54, 1.807) is 12.1 Å². The number of anilines is 1. The monoisotopic (exact) mass is 402 g/mol. The highest BCUT2D eigenvalue weighted by atomic mass is 35.5. The molecule has 0 aromatic heterocycles. The van der Waals surface area contributed by atoms with E-state index in [2.05, 4.69) is 16.0 Å². The van der Waals surface area contributed by atoms with Crippen molar-refractivity contribution >= 4 is 39.9 Å². The van der Waals surface area contributed by atoms with Gasteiger partial charge >= 0.3 is 0 Å². The molecule has 3 rings (SSSR count). The van der Waals surface area contributed by atoms with Crippen LogP contribution in [0.3, 0.4) is 0 Å². The van der Waals surface area contributed by atoms with Gasteiger partial charge in [-0.1, -0.05) is 6.07 Å². The topological polar surface area (TPSA) is 108 Å². The SMILES string of the molecule is Cl.O=C1CN(S(=O)(=O)c2cccc(NC(=O)C3CCNCC3)c2)CCN1. The standard InChI is InChI=1S/C16H22N4O4S.ClH/c21-15-11-20(9-8-18-15)25(23,24)14-3-1-2-13(10-14)19-16(22)12-4-6-17-7-5-12;/h1-3,10,12,17H,4-9,11H2,(H,18,21)(H,19,22);1H. The lowest BCUT2D eigenvalue weighted by Crippen LogP contribution is -2.49. The zero-order chi connectivity index (χ0) is 17.9. The zero-order valence-corrected chi connectivity index (χ0v) is 15.9. The summed E-state index contributed by atoms with van der Waals surface area (Å²) in [4.78, 5) is 23.9. The second kappa shape index (κ2) is 8.81. The van der Waals surface area contributed by atoms with Crippen molar-refractivity contribution in [2.75, 3.05) is 38.0 Å². The van der Waals surface area contributed by atoms with Crippen molar-refractivity contribution in [1.82, 2.24) is 14.9 Å². The third kappa shape index (κ3) is 4.73. The first-order chi connectivity index (χ1) is 12.0. The molecule has 2 aliphatic heterocycles. The fourth-order valence-electron chi connectivity index (χ4n) is 3.03. The van der Waals surface area contributed by atoms with Gasteiger partial charge in [-0.05, 0) is 44.1 Å². The van der Waals surface area contributed by atoms with E-state index in [9.17, 15) is 18.0 Å². The number of piperidine rings is 1. The van der Waals surface area contributed by atoms with Crippen LogP contribution in [0.1, 0.15) is 12.8 Å². The third-order valence-electron chi connectivity index (χ3n) is 4.45. The van der Waals surface area contributed by atoms with Crippen molar-refractivity contribution in [3.63, 3.8) is 0 Å². The molecular formula is C16H23ClN4O4S. The minimum Gasteiger partial charge on any atom is -0.354 e. The van der Waals surface area contributed by atoms with Crippen LogP contribution in [0.25, 0.3) is 0 Å². The van der Waals surface area contributed by atoms with Crippen LogP contribution < -0.4 is 16.0 Å². The summed E-state index contributed by atoms with van der Waals surface area (Å²) in [5, 5.41) is 8.61. The van der Waals surface area contributed by atoms with Gasteiger partial charge in [0.2, 0.25) is 21.8 Å². The molecule has 0 radical (unpaired) electrons. The Labute approximate surface area is 159 Å². The fraction of sp³-hybridized carbons (Fsp3) is 0.500. The predicted octanol–water partition coefficient (Wildman–Crippen LogP) is 0.167. The zero-order valence-electron chi connectivity index (χ0n) is 14.2. The van der Waals surface area contributed by atoms with Crippen LogP contribution in [0.2, 0.25) is 0 Å². The molecule has 3 N–H and O–H groups in total. The normalized spacial score (nSPS) is 19.3. The lowest BCUT2D eigenvalue weighted by Gasteiger charge is -2.26. The van der Waals surface area contributed by atoms with Crippen molar-refractivity contribution in [2.24, 2.45) is 5.92 Å². The number of nitrogens with one attached hydrogen (secondary N) is 3. The minimum atomic E-state index is -3.77. The van der Waals surface area contributed by atoms with Gasteiger partial charge in [0.25, 0.3) is 0 Å². The molecule has 2 heterocycles. The number of benzene rings is 1. The molecule has 2 saturated heterocycles. The van der Waals surface area contributed by atoms with Gasteiger partial charge in [0.1, 0.15) is 0 Å². The molecule has 1 aromatic carbocycles. The van der Waals surface area contributed by atoms with E-state index in [4.69, 9.17) is 0 Å². The average molecular weight is 403 g/mol. The molecule has 2 aliphatic rings. The van der Waals surface area contributed by atoms with Gasteiger partial charge < -0.3 is 16.0 Å². The summed E-state index contributed by atoms with van der Waals surface area (Å²) in [6.07, 6.45) is 1.54. The van der Waals surface area contributed by atoms with Crippen LogP contribution in [0, 0.1) is 5.92 Å². The Morgan fingerprint density at radius 1 is 1.19 bits per heavy atom. The van der Waals surface area contributed by atoms with Crippen LogP contribution in [0.15, 0.2) is 29.2 Å². The van der Waals surface area contributed by atoms with Crippen LogP contribution in [-0.4, -0.2) is 57.3 Å². The van der Waals surface area contributed by atoms with Crippen molar-refractivity contribution in [3.05, 3.63) is 24.3 Å². The van der Waals surface area contributed by atoms with Gasteiger partial charge in [-0.15, -0.1) is 12.4 Å². The predicted molar refractivity (Wildman–Crippen MR) is 99.7 cm³/mol. The van der Waals surface area contributed by atoms with Gasteiger partial charge in [-0.3, -0.25) is 9.59 Å². The first-order valence-corrected chi connectivity index (χ1v) is 9.79. The van der Waals surface area contributed by atoms with Crippen LogP contribution in [-0.2, 0) is 19.6 Å². The number of hydrogen-bond acceptors (Lipinski definition) is 5. The summed E-state index contributed by atoms with van der Waals surface area (Å²) in [5.74, 6) is -0.467. The van der Waals surface area contributed by atoms with Crippen LogP contribution >= 0.6 is 12.4 Å². The van der Waals surface area contributed by atoms with Crippen molar-refractivity contribution < 1.29 is 18.0 Å². The number of amides is 2. The molecule has 10 heteroatoms. The maximum Gasteiger partial charge on any atom is 0.243 e. The Morgan fingerprint density at radius 2 is 1.92 bits per heavy atom. The van der Waals surface area contributed by atoms with Crippen molar-refractivity contribution in [1.29, 1.82) is 0 Å². The summed E-state index contributed by atoms with van der Waals surface area (Å²) in [5.41, 5.74) is 0.450. The third-order valence-corrected chi connectivity index (χ3v) is 6.29.